The summed E-state index contributed by atoms with van der Waals surface area (Å²) in [7, 11) is 1.70. The van der Waals surface area contributed by atoms with Gasteiger partial charge in [0.1, 0.15) is 17.3 Å². The van der Waals surface area contributed by atoms with E-state index in [1.807, 2.05) is 67.3 Å². The summed E-state index contributed by atoms with van der Waals surface area (Å²) in [6.45, 7) is 10.2. The number of methoxy groups -OCH3 is 1. The fourth-order valence-electron chi connectivity index (χ4n) is 6.03. The van der Waals surface area contributed by atoms with Crippen LogP contribution in [0.1, 0.15) is 50.1 Å². The molecule has 1 N–H and O–H groups in total. The van der Waals surface area contributed by atoms with Crippen molar-refractivity contribution in [2.45, 2.75) is 45.2 Å². The topological polar surface area (TPSA) is 78.1 Å². The summed E-state index contributed by atoms with van der Waals surface area (Å²) >= 11 is 0. The van der Waals surface area contributed by atoms with Crippen LogP contribution in [0.3, 0.4) is 0 Å². The van der Waals surface area contributed by atoms with E-state index in [1.165, 1.54) is 4.90 Å². The second-order valence-electron chi connectivity index (χ2n) is 10.3. The van der Waals surface area contributed by atoms with Gasteiger partial charge >= 0.3 is 6.03 Å². The number of benzene rings is 2. The molecule has 1 aromatic heterocycles. The molecule has 8 nitrogen and oxygen atoms in total. The van der Waals surface area contributed by atoms with Crippen LogP contribution in [0.5, 0.6) is 5.75 Å². The second kappa shape index (κ2) is 10.8. The molecule has 38 heavy (non-hydrogen) atoms. The number of carbonyl (C=O) groups is 2. The summed E-state index contributed by atoms with van der Waals surface area (Å²) in [4.78, 5) is 37.2. The number of likely N-dealkylation sites (N-methyl/N-ethyl adjacent to an activating group) is 1. The Morgan fingerprint density at radius 2 is 1.89 bits per heavy atom. The minimum Gasteiger partial charge on any atom is -0.494 e. The Bertz CT molecular complexity index is 1310. The maximum atomic E-state index is 14.0. The quantitative estimate of drug-likeness (QED) is 0.376. The molecule has 3 heterocycles. The number of nitrogens with zero attached hydrogens (tertiary/aromatic N) is 3. The lowest BCUT2D eigenvalue weighted by molar-refractivity contribution is -0.133. The summed E-state index contributed by atoms with van der Waals surface area (Å²) in [5, 5.41) is 1.04. The molecule has 2 aliphatic heterocycles. The highest BCUT2D eigenvalue weighted by atomic mass is 16.5. The molecule has 2 aliphatic rings. The molecule has 2 unspecified atom stereocenters. The molecule has 0 radical (unpaired) electrons. The molecule has 1 fully saturated rings. The molecule has 0 saturated carbocycles. The Labute approximate surface area is 224 Å². The summed E-state index contributed by atoms with van der Waals surface area (Å²) in [5.74, 6) is 0.680. The Morgan fingerprint density at radius 1 is 1.11 bits per heavy atom. The first-order valence-corrected chi connectivity index (χ1v) is 13.6. The van der Waals surface area contributed by atoms with Gasteiger partial charge in [-0.05, 0) is 62.7 Å². The number of nitrogens with one attached hydrogen (secondary N) is 1. The van der Waals surface area contributed by atoms with Crippen LogP contribution in [0.4, 0.5) is 4.79 Å². The van der Waals surface area contributed by atoms with Crippen LogP contribution in [-0.4, -0.2) is 83.7 Å². The molecule has 2 atom stereocenters. The largest absolute Gasteiger partial charge is 0.494 e. The number of hydrogen-bond acceptors (Lipinski definition) is 5. The Kier molecular flexibility index (Phi) is 7.45. The molecule has 1 saturated heterocycles. The summed E-state index contributed by atoms with van der Waals surface area (Å²) in [6.07, 6.45) is 1.18. The van der Waals surface area contributed by atoms with Gasteiger partial charge in [-0.15, -0.1) is 0 Å². The van der Waals surface area contributed by atoms with Crippen LogP contribution in [0.15, 0.2) is 48.5 Å². The van der Waals surface area contributed by atoms with Gasteiger partial charge in [0.15, 0.2) is 0 Å². The first kappa shape index (κ1) is 26.3. The number of aromatic amines is 1. The molecule has 2 aromatic carbocycles. The van der Waals surface area contributed by atoms with Gasteiger partial charge in [-0.25, -0.2) is 4.79 Å². The van der Waals surface area contributed by atoms with Gasteiger partial charge in [0.25, 0.3) is 5.91 Å². The van der Waals surface area contributed by atoms with E-state index >= 15 is 0 Å². The number of carbonyl (C=O) groups excluding carboxylic acids is 2. The lowest BCUT2D eigenvalue weighted by atomic mass is 9.81. The van der Waals surface area contributed by atoms with E-state index in [4.69, 9.17) is 9.47 Å². The van der Waals surface area contributed by atoms with Crippen molar-refractivity contribution in [2.24, 2.45) is 0 Å². The van der Waals surface area contributed by atoms with Crippen molar-refractivity contribution < 1.29 is 19.1 Å². The fourth-order valence-corrected chi connectivity index (χ4v) is 6.03. The summed E-state index contributed by atoms with van der Waals surface area (Å²) in [6, 6.07) is 15.4. The Hall–Kier alpha value is -3.36. The monoisotopic (exact) mass is 518 g/mol. The van der Waals surface area contributed by atoms with Crippen LogP contribution in [-0.2, 0) is 16.0 Å². The normalized spacial score (nSPS) is 20.9. The summed E-state index contributed by atoms with van der Waals surface area (Å²) in [5.41, 5.74) is 3.04. The highest BCUT2D eigenvalue weighted by Gasteiger charge is 2.60. The highest BCUT2D eigenvalue weighted by Crippen LogP contribution is 2.49. The van der Waals surface area contributed by atoms with Crippen molar-refractivity contribution in [2.75, 3.05) is 46.5 Å². The van der Waals surface area contributed by atoms with Gasteiger partial charge < -0.3 is 19.4 Å². The number of imide groups is 1. The molecule has 0 aliphatic carbocycles. The van der Waals surface area contributed by atoms with Crippen LogP contribution >= 0.6 is 0 Å². The Balaban J connectivity index is 1.51. The van der Waals surface area contributed by atoms with Crippen molar-refractivity contribution in [3.8, 4) is 5.75 Å². The number of aromatic nitrogens is 1. The molecule has 8 heteroatoms. The van der Waals surface area contributed by atoms with Crippen molar-refractivity contribution in [1.82, 2.24) is 19.7 Å². The van der Waals surface area contributed by atoms with E-state index in [1.54, 1.807) is 7.11 Å². The molecular weight excluding hydrogens is 480 g/mol. The van der Waals surface area contributed by atoms with Gasteiger partial charge in [0, 0.05) is 43.2 Å². The minimum absolute atomic E-state index is 0.121. The van der Waals surface area contributed by atoms with Crippen LogP contribution in [0.25, 0.3) is 10.9 Å². The number of rotatable bonds is 11. The van der Waals surface area contributed by atoms with E-state index in [-0.39, 0.29) is 18.0 Å². The van der Waals surface area contributed by atoms with Crippen LogP contribution in [0.2, 0.25) is 0 Å². The molecular formula is C30H38N4O4. The summed E-state index contributed by atoms with van der Waals surface area (Å²) < 4.78 is 11.0. The average molecular weight is 519 g/mol. The van der Waals surface area contributed by atoms with Crippen molar-refractivity contribution in [3.05, 3.63) is 65.4 Å². The highest BCUT2D eigenvalue weighted by molar-refractivity contribution is 6.08. The van der Waals surface area contributed by atoms with E-state index in [2.05, 4.69) is 16.8 Å². The Morgan fingerprint density at radius 3 is 2.61 bits per heavy atom. The number of ether oxygens (including phenoxy) is 2. The molecule has 0 spiro atoms. The molecule has 3 aromatic rings. The van der Waals surface area contributed by atoms with Crippen LogP contribution < -0.4 is 4.74 Å². The van der Waals surface area contributed by atoms with Crippen LogP contribution in [0, 0.1) is 0 Å². The first-order valence-electron chi connectivity index (χ1n) is 13.6. The minimum atomic E-state index is -0.970. The van der Waals surface area contributed by atoms with Gasteiger partial charge in [-0.1, -0.05) is 37.3 Å². The zero-order chi connectivity index (χ0) is 26.9. The lowest BCUT2D eigenvalue weighted by Crippen LogP contribution is -2.53. The van der Waals surface area contributed by atoms with E-state index in [9.17, 15) is 9.59 Å². The predicted octanol–water partition coefficient (Wildman–Crippen LogP) is 4.59. The third kappa shape index (κ3) is 4.46. The number of H-pyrrole nitrogens is 1. The predicted molar refractivity (Wildman–Crippen MR) is 147 cm³/mol. The number of fused-ring (bicyclic) bond motifs is 4. The van der Waals surface area contributed by atoms with E-state index in [0.29, 0.717) is 26.2 Å². The van der Waals surface area contributed by atoms with Gasteiger partial charge in [0.05, 0.1) is 13.2 Å². The first-order chi connectivity index (χ1) is 18.4. The molecule has 0 bridgehead atoms. The van der Waals surface area contributed by atoms with Gasteiger partial charge in [-0.2, -0.15) is 0 Å². The maximum absolute atomic E-state index is 14.0. The third-order valence-corrected chi connectivity index (χ3v) is 7.98. The standard InChI is InChI=1S/C30H38N4O4/c1-5-32(17-18-37-4)15-10-16-33-28(35)30(3)20-24-23-19-22(38-6-2)13-14-25(23)31-26(24)27(34(30)29(33)36)21-11-8-7-9-12-21/h7-9,11-14,19,27,31H,5-6,10,15-18,20H2,1-4H3. The van der Waals surface area contributed by atoms with E-state index < -0.39 is 5.54 Å². The number of urea groups is 1. The van der Waals surface area contributed by atoms with Crippen molar-refractivity contribution in [3.63, 3.8) is 0 Å². The number of amides is 3. The smallest absolute Gasteiger partial charge is 0.328 e. The lowest BCUT2D eigenvalue weighted by Gasteiger charge is -2.42. The van der Waals surface area contributed by atoms with Crippen molar-refractivity contribution >= 4 is 22.8 Å². The zero-order valence-corrected chi connectivity index (χ0v) is 22.8. The number of hydrogen-bond donors (Lipinski definition) is 1. The van der Waals surface area contributed by atoms with Gasteiger partial charge in [-0.3, -0.25) is 14.6 Å². The van der Waals surface area contributed by atoms with Gasteiger partial charge in [0.2, 0.25) is 0 Å². The SMILES string of the molecule is CCOc1ccc2[nH]c3c(c2c1)CC1(C)C(=O)N(CCCN(CC)CCOC)C(=O)N1C3c1ccccc1. The molecule has 5 rings (SSSR count). The maximum Gasteiger partial charge on any atom is 0.328 e. The van der Waals surface area contributed by atoms with E-state index in [0.717, 1.165) is 59.5 Å². The zero-order valence-electron chi connectivity index (χ0n) is 22.8. The third-order valence-electron chi connectivity index (χ3n) is 7.98. The molecule has 3 amide bonds. The van der Waals surface area contributed by atoms with Crippen molar-refractivity contribution in [1.29, 1.82) is 0 Å². The second-order valence-corrected chi connectivity index (χ2v) is 10.3. The fraction of sp³-hybridized carbons (Fsp3) is 0.467. The average Bonchev–Trinajstić information content (AvgIpc) is 3.37. The molecule has 202 valence electrons.